The van der Waals surface area contributed by atoms with Gasteiger partial charge >= 0.3 is 0 Å². The summed E-state index contributed by atoms with van der Waals surface area (Å²) in [5, 5.41) is 2.82. The average Bonchev–Trinajstić information content (AvgIpc) is 2.44. The number of ether oxygens (including phenoxy) is 1. The second-order valence-electron chi connectivity index (χ2n) is 4.77. The first-order valence-electron chi connectivity index (χ1n) is 6.87. The lowest BCUT2D eigenvalue weighted by molar-refractivity contribution is -0.118. The van der Waals surface area contributed by atoms with Crippen molar-refractivity contribution in [1.82, 2.24) is 0 Å². The summed E-state index contributed by atoms with van der Waals surface area (Å²) in [5.41, 5.74) is 6.62. The van der Waals surface area contributed by atoms with Gasteiger partial charge in [0.2, 0.25) is 5.91 Å². The summed E-state index contributed by atoms with van der Waals surface area (Å²) in [6.45, 7) is 6.76. The summed E-state index contributed by atoms with van der Waals surface area (Å²) >= 11 is 0. The number of hydrogen-bond acceptors (Lipinski definition) is 3. The number of anilines is 1. The Hall–Kier alpha value is -1.55. The molecular formula is C15H24N2O2. The molecular weight excluding hydrogens is 240 g/mol. The largest absolute Gasteiger partial charge is 0.494 e. The maximum Gasteiger partial charge on any atom is 0.241 e. The van der Waals surface area contributed by atoms with Crippen molar-refractivity contribution < 1.29 is 9.53 Å². The summed E-state index contributed by atoms with van der Waals surface area (Å²) in [6.07, 6.45) is 1.86. The minimum Gasteiger partial charge on any atom is -0.494 e. The van der Waals surface area contributed by atoms with Gasteiger partial charge in [-0.15, -0.1) is 0 Å². The van der Waals surface area contributed by atoms with E-state index in [-0.39, 0.29) is 11.8 Å². The van der Waals surface area contributed by atoms with E-state index in [1.165, 1.54) is 0 Å². The normalized spacial score (nSPS) is 13.7. The lowest BCUT2D eigenvalue weighted by Gasteiger charge is -2.17. The number of rotatable bonds is 7. The van der Waals surface area contributed by atoms with Crippen LogP contribution in [0.2, 0.25) is 0 Å². The van der Waals surface area contributed by atoms with Crippen LogP contribution >= 0.6 is 0 Å². The van der Waals surface area contributed by atoms with Gasteiger partial charge in [0.15, 0.2) is 0 Å². The third-order valence-corrected chi connectivity index (χ3v) is 3.15. The summed E-state index contributed by atoms with van der Waals surface area (Å²) < 4.78 is 5.48. The van der Waals surface area contributed by atoms with Crippen LogP contribution in [0.1, 0.15) is 33.6 Å². The van der Waals surface area contributed by atoms with Crippen molar-refractivity contribution in [3.63, 3.8) is 0 Å². The fraction of sp³-hybridized carbons (Fsp3) is 0.533. The fourth-order valence-corrected chi connectivity index (χ4v) is 1.59. The highest BCUT2D eigenvalue weighted by Crippen LogP contribution is 2.16. The van der Waals surface area contributed by atoms with E-state index in [2.05, 4.69) is 12.2 Å². The van der Waals surface area contributed by atoms with Crippen LogP contribution in [0, 0.1) is 5.92 Å². The summed E-state index contributed by atoms with van der Waals surface area (Å²) in [5.74, 6) is 0.842. The van der Waals surface area contributed by atoms with Crippen LogP contribution in [0.5, 0.6) is 5.75 Å². The first-order valence-corrected chi connectivity index (χ1v) is 6.87. The molecule has 1 amide bonds. The van der Waals surface area contributed by atoms with Crippen LogP contribution < -0.4 is 15.8 Å². The second-order valence-corrected chi connectivity index (χ2v) is 4.77. The van der Waals surface area contributed by atoms with Gasteiger partial charge in [0, 0.05) is 5.69 Å². The molecule has 1 rings (SSSR count). The molecule has 106 valence electrons. The average molecular weight is 264 g/mol. The Balaban J connectivity index is 2.55. The molecule has 0 aliphatic carbocycles. The van der Waals surface area contributed by atoms with Crippen LogP contribution in [-0.2, 0) is 4.79 Å². The summed E-state index contributed by atoms with van der Waals surface area (Å²) in [7, 11) is 0. The van der Waals surface area contributed by atoms with Crippen molar-refractivity contribution in [2.45, 2.75) is 39.7 Å². The number of carbonyl (C=O) groups excluding carboxylic acids is 1. The topological polar surface area (TPSA) is 64.3 Å². The number of benzene rings is 1. The highest BCUT2D eigenvalue weighted by atomic mass is 16.5. The summed E-state index contributed by atoms with van der Waals surface area (Å²) in [6, 6.07) is 6.87. The summed E-state index contributed by atoms with van der Waals surface area (Å²) in [4.78, 5) is 11.9. The maximum absolute atomic E-state index is 11.9. The fourth-order valence-electron chi connectivity index (χ4n) is 1.59. The molecule has 0 fully saturated rings. The molecule has 0 saturated carbocycles. The Morgan fingerprint density at radius 2 is 1.95 bits per heavy atom. The molecule has 1 aromatic rings. The van der Waals surface area contributed by atoms with E-state index < -0.39 is 6.04 Å². The third kappa shape index (κ3) is 4.91. The van der Waals surface area contributed by atoms with E-state index >= 15 is 0 Å². The quantitative estimate of drug-likeness (QED) is 0.796. The van der Waals surface area contributed by atoms with Crippen molar-refractivity contribution in [3.05, 3.63) is 24.3 Å². The predicted octanol–water partition coefficient (Wildman–Crippen LogP) is 2.79. The zero-order valence-corrected chi connectivity index (χ0v) is 12.0. The van der Waals surface area contributed by atoms with E-state index in [1.54, 1.807) is 0 Å². The first-order chi connectivity index (χ1) is 9.08. The lowest BCUT2D eigenvalue weighted by Crippen LogP contribution is -2.40. The first kappa shape index (κ1) is 15.5. The number of nitrogens with two attached hydrogens (primary N) is 1. The van der Waals surface area contributed by atoms with Crippen molar-refractivity contribution in [2.75, 3.05) is 11.9 Å². The molecule has 0 spiro atoms. The van der Waals surface area contributed by atoms with Gasteiger partial charge < -0.3 is 15.8 Å². The number of nitrogens with one attached hydrogen (secondary N) is 1. The molecule has 0 aromatic heterocycles. The number of hydrogen-bond donors (Lipinski definition) is 2. The Bertz CT molecular complexity index is 390. The van der Waals surface area contributed by atoms with Crippen LogP contribution in [0.25, 0.3) is 0 Å². The molecule has 3 N–H and O–H groups in total. The van der Waals surface area contributed by atoms with Gasteiger partial charge in [0.25, 0.3) is 0 Å². The zero-order chi connectivity index (χ0) is 14.3. The Kier molecular flexibility index (Phi) is 6.36. The monoisotopic (exact) mass is 264 g/mol. The molecule has 0 aliphatic rings. The SMILES string of the molecule is CCCOc1ccc(NC(=O)[C@@H](N)C(C)CC)cc1. The lowest BCUT2D eigenvalue weighted by atomic mass is 9.99. The van der Waals surface area contributed by atoms with Gasteiger partial charge in [0.05, 0.1) is 12.6 Å². The van der Waals surface area contributed by atoms with Crippen LogP contribution in [0.4, 0.5) is 5.69 Å². The smallest absolute Gasteiger partial charge is 0.241 e. The van der Waals surface area contributed by atoms with Crippen LogP contribution in [0.3, 0.4) is 0 Å². The molecule has 4 nitrogen and oxygen atoms in total. The van der Waals surface area contributed by atoms with Crippen LogP contribution in [-0.4, -0.2) is 18.6 Å². The minimum atomic E-state index is -0.471. The molecule has 4 heteroatoms. The zero-order valence-electron chi connectivity index (χ0n) is 12.0. The van der Waals surface area contributed by atoms with Gasteiger partial charge in [-0.2, -0.15) is 0 Å². The molecule has 0 bridgehead atoms. The molecule has 0 radical (unpaired) electrons. The van der Waals surface area contributed by atoms with Gasteiger partial charge in [0.1, 0.15) is 5.75 Å². The molecule has 19 heavy (non-hydrogen) atoms. The van der Waals surface area contributed by atoms with E-state index in [9.17, 15) is 4.79 Å². The predicted molar refractivity (Wildman–Crippen MR) is 78.3 cm³/mol. The van der Waals surface area contributed by atoms with Gasteiger partial charge in [-0.05, 0) is 36.6 Å². The molecule has 0 aliphatic heterocycles. The molecule has 0 heterocycles. The van der Waals surface area contributed by atoms with Crippen molar-refractivity contribution in [2.24, 2.45) is 11.7 Å². The van der Waals surface area contributed by atoms with Gasteiger partial charge in [-0.25, -0.2) is 0 Å². The van der Waals surface area contributed by atoms with E-state index in [0.29, 0.717) is 6.61 Å². The number of amides is 1. The molecule has 1 aromatic carbocycles. The standard InChI is InChI=1S/C15H24N2O2/c1-4-10-19-13-8-6-12(7-9-13)17-15(18)14(16)11(3)5-2/h6-9,11,14H,4-5,10,16H2,1-3H3,(H,17,18)/t11?,14-/m0/s1. The molecule has 1 unspecified atom stereocenters. The van der Waals surface area contributed by atoms with Crippen molar-refractivity contribution in [1.29, 1.82) is 0 Å². The maximum atomic E-state index is 11.9. The minimum absolute atomic E-state index is 0.142. The van der Waals surface area contributed by atoms with Gasteiger partial charge in [-0.1, -0.05) is 27.2 Å². The van der Waals surface area contributed by atoms with E-state index in [0.717, 1.165) is 24.3 Å². The second kappa shape index (κ2) is 7.79. The Labute approximate surface area is 115 Å². The van der Waals surface area contributed by atoms with E-state index in [1.807, 2.05) is 38.1 Å². The molecule has 2 atom stereocenters. The van der Waals surface area contributed by atoms with Crippen LogP contribution in [0.15, 0.2) is 24.3 Å². The van der Waals surface area contributed by atoms with Crippen molar-refractivity contribution in [3.8, 4) is 5.75 Å². The molecule has 0 saturated heterocycles. The Morgan fingerprint density at radius 3 is 2.47 bits per heavy atom. The highest BCUT2D eigenvalue weighted by molar-refractivity contribution is 5.94. The Morgan fingerprint density at radius 1 is 1.32 bits per heavy atom. The van der Waals surface area contributed by atoms with Crippen molar-refractivity contribution >= 4 is 11.6 Å². The highest BCUT2D eigenvalue weighted by Gasteiger charge is 2.19. The van der Waals surface area contributed by atoms with E-state index in [4.69, 9.17) is 10.5 Å². The third-order valence-electron chi connectivity index (χ3n) is 3.15. The number of carbonyl (C=O) groups is 1. The van der Waals surface area contributed by atoms with Gasteiger partial charge in [-0.3, -0.25) is 4.79 Å².